The van der Waals surface area contributed by atoms with Crippen LogP contribution in [0, 0.1) is 12.1 Å². The first kappa shape index (κ1) is 27.3. The normalized spacial score (nSPS) is 10.7. The van der Waals surface area contributed by atoms with Gasteiger partial charge in [0.2, 0.25) is 0 Å². The van der Waals surface area contributed by atoms with E-state index in [9.17, 15) is 0 Å². The largest absolute Gasteiger partial charge is 0.456 e. The molecule has 42 heavy (non-hydrogen) atoms. The van der Waals surface area contributed by atoms with Gasteiger partial charge in [0.15, 0.2) is 0 Å². The first-order valence-corrected chi connectivity index (χ1v) is 13.5. The molecule has 4 heteroatoms. The Morgan fingerprint density at radius 3 is 1.98 bits per heavy atom. The quantitative estimate of drug-likeness (QED) is 0.171. The number of furan rings is 1. The Hall–Kier alpha value is -4.89. The summed E-state index contributed by atoms with van der Waals surface area (Å²) >= 11 is 0. The van der Waals surface area contributed by atoms with E-state index in [1.807, 2.05) is 85.1 Å². The van der Waals surface area contributed by atoms with Crippen molar-refractivity contribution >= 4 is 32.7 Å². The summed E-state index contributed by atoms with van der Waals surface area (Å²) in [4.78, 5) is 8.69. The van der Waals surface area contributed by atoms with Gasteiger partial charge in [-0.15, -0.1) is 71.3 Å². The molecular formula is C38H24IrN2O-2. The third kappa shape index (κ3) is 5.38. The van der Waals surface area contributed by atoms with Crippen LogP contribution in [0.5, 0.6) is 0 Å². The first-order valence-electron chi connectivity index (χ1n) is 13.5. The average molecular weight is 717 g/mol. The molecule has 0 bridgehead atoms. The zero-order chi connectivity index (χ0) is 27.4. The molecule has 0 amide bonds. The van der Waals surface area contributed by atoms with Gasteiger partial charge in [-0.25, -0.2) is 0 Å². The Kier molecular flexibility index (Phi) is 8.00. The Labute approximate surface area is 257 Å². The van der Waals surface area contributed by atoms with Gasteiger partial charge in [-0.2, -0.15) is 0 Å². The van der Waals surface area contributed by atoms with E-state index in [-0.39, 0.29) is 20.1 Å². The van der Waals surface area contributed by atoms with Crippen molar-refractivity contribution in [3.05, 3.63) is 158 Å². The molecular weight excluding hydrogens is 693 g/mol. The van der Waals surface area contributed by atoms with Crippen LogP contribution in [0.3, 0.4) is 0 Å². The average Bonchev–Trinajstić information content (AvgIpc) is 3.45. The van der Waals surface area contributed by atoms with Crippen molar-refractivity contribution in [3.63, 3.8) is 0 Å². The summed E-state index contributed by atoms with van der Waals surface area (Å²) in [6.07, 6.45) is 3.60. The number of fused-ring (bicyclic) bond motifs is 5. The van der Waals surface area contributed by atoms with Crippen LogP contribution in [0.25, 0.3) is 66.4 Å². The van der Waals surface area contributed by atoms with Gasteiger partial charge in [0.05, 0.1) is 0 Å². The fourth-order valence-corrected chi connectivity index (χ4v) is 5.21. The third-order valence-electron chi connectivity index (χ3n) is 7.10. The molecule has 1 radical (unpaired) electrons. The maximum atomic E-state index is 6.07. The monoisotopic (exact) mass is 717 g/mol. The molecule has 3 heterocycles. The van der Waals surface area contributed by atoms with E-state index in [2.05, 4.69) is 76.7 Å². The molecule has 0 aliphatic rings. The maximum absolute atomic E-state index is 6.07. The summed E-state index contributed by atoms with van der Waals surface area (Å²) < 4.78 is 6.07. The predicted molar refractivity (Wildman–Crippen MR) is 167 cm³/mol. The Morgan fingerprint density at radius 2 is 1.21 bits per heavy atom. The molecule has 0 saturated heterocycles. The Morgan fingerprint density at radius 1 is 0.500 bits per heavy atom. The molecule has 0 atom stereocenters. The Bertz CT molecular complexity index is 2050. The fourth-order valence-electron chi connectivity index (χ4n) is 5.21. The molecule has 3 nitrogen and oxygen atoms in total. The molecule has 0 fully saturated rings. The summed E-state index contributed by atoms with van der Waals surface area (Å²) in [7, 11) is 0. The number of para-hydroxylation sites is 1. The van der Waals surface area contributed by atoms with Crippen molar-refractivity contribution in [1.29, 1.82) is 0 Å². The van der Waals surface area contributed by atoms with Gasteiger partial charge < -0.3 is 14.4 Å². The molecule has 5 aromatic carbocycles. The van der Waals surface area contributed by atoms with Crippen LogP contribution in [-0.4, -0.2) is 9.97 Å². The standard InChI is InChI=1S/C27H16NO.C11H8N.Ir/c1-2-13-25-23(9-1)27-22-11-6-10-20(21(22)14-15-26(27)29-25)18-7-5-8-19(17-18)24-12-3-4-16-28-24;1-2-6-10(7-3-1)11-8-4-5-9-12-11;/h1-7,9-17H;1-6,8-9H;/q2*-1;. The zero-order valence-corrected chi connectivity index (χ0v) is 24.9. The second-order valence-electron chi connectivity index (χ2n) is 9.63. The molecule has 8 rings (SSSR count). The second-order valence-corrected chi connectivity index (χ2v) is 9.63. The van der Waals surface area contributed by atoms with Crippen molar-refractivity contribution in [2.75, 3.05) is 0 Å². The number of aromatic nitrogens is 2. The second kappa shape index (κ2) is 12.3. The van der Waals surface area contributed by atoms with Crippen molar-refractivity contribution in [2.24, 2.45) is 0 Å². The summed E-state index contributed by atoms with van der Waals surface area (Å²) in [6, 6.07) is 51.3. The number of nitrogens with zero attached hydrogens (tertiary/aromatic N) is 2. The molecule has 3 aromatic heterocycles. The van der Waals surface area contributed by atoms with E-state index in [1.165, 1.54) is 21.7 Å². The van der Waals surface area contributed by atoms with Gasteiger partial charge in [0.1, 0.15) is 11.2 Å². The van der Waals surface area contributed by atoms with Crippen molar-refractivity contribution in [3.8, 4) is 33.6 Å². The maximum Gasteiger partial charge on any atom is 0.136 e. The fraction of sp³-hybridized carbons (Fsp3) is 0. The summed E-state index contributed by atoms with van der Waals surface area (Å²) in [5, 5.41) is 4.75. The smallest absolute Gasteiger partial charge is 0.136 e. The van der Waals surface area contributed by atoms with Crippen LogP contribution in [0.2, 0.25) is 0 Å². The van der Waals surface area contributed by atoms with Gasteiger partial charge in [-0.05, 0) is 52.0 Å². The third-order valence-corrected chi connectivity index (χ3v) is 7.10. The molecule has 203 valence electrons. The number of pyridine rings is 2. The van der Waals surface area contributed by atoms with E-state index in [4.69, 9.17) is 4.42 Å². The summed E-state index contributed by atoms with van der Waals surface area (Å²) in [5.74, 6) is 0. The molecule has 8 aromatic rings. The van der Waals surface area contributed by atoms with Crippen molar-refractivity contribution in [1.82, 2.24) is 9.97 Å². The summed E-state index contributed by atoms with van der Waals surface area (Å²) in [5.41, 5.74) is 8.13. The van der Waals surface area contributed by atoms with Crippen LogP contribution >= 0.6 is 0 Å². The van der Waals surface area contributed by atoms with E-state index in [1.54, 1.807) is 6.20 Å². The van der Waals surface area contributed by atoms with Gasteiger partial charge in [0.25, 0.3) is 0 Å². The van der Waals surface area contributed by atoms with Gasteiger partial charge in [-0.3, -0.25) is 0 Å². The van der Waals surface area contributed by atoms with E-state index in [0.29, 0.717) is 0 Å². The molecule has 0 saturated carbocycles. The minimum atomic E-state index is 0. The van der Waals surface area contributed by atoms with Gasteiger partial charge >= 0.3 is 0 Å². The predicted octanol–water partition coefficient (Wildman–Crippen LogP) is 9.81. The van der Waals surface area contributed by atoms with Crippen LogP contribution in [0.1, 0.15) is 0 Å². The minimum Gasteiger partial charge on any atom is -0.456 e. The molecule has 0 unspecified atom stereocenters. The minimum absolute atomic E-state index is 0. The van der Waals surface area contributed by atoms with E-state index >= 15 is 0 Å². The van der Waals surface area contributed by atoms with Crippen LogP contribution in [0.4, 0.5) is 0 Å². The number of hydrogen-bond donors (Lipinski definition) is 0. The number of hydrogen-bond acceptors (Lipinski definition) is 3. The molecule has 0 spiro atoms. The van der Waals surface area contributed by atoms with Crippen molar-refractivity contribution in [2.45, 2.75) is 0 Å². The van der Waals surface area contributed by atoms with E-state index < -0.39 is 0 Å². The number of rotatable bonds is 3. The molecule has 0 aliphatic carbocycles. The number of benzene rings is 5. The Balaban J connectivity index is 0.000000205. The van der Waals surface area contributed by atoms with Crippen LogP contribution < -0.4 is 0 Å². The SMILES string of the molecule is [Ir].[c-]1ccc(-c2cccc3c2ccc2oc4ccccc4c23)cc1-c1ccccn1.[c-]1ccccc1-c1ccccn1. The van der Waals surface area contributed by atoms with Gasteiger partial charge in [0, 0.05) is 43.3 Å². The van der Waals surface area contributed by atoms with Gasteiger partial charge in [-0.1, -0.05) is 66.7 Å². The first-order chi connectivity index (χ1) is 20.3. The van der Waals surface area contributed by atoms with E-state index in [0.717, 1.165) is 44.6 Å². The molecule has 0 aliphatic heterocycles. The molecule has 0 N–H and O–H groups in total. The van der Waals surface area contributed by atoms with Crippen LogP contribution in [0.15, 0.2) is 150 Å². The topological polar surface area (TPSA) is 38.9 Å². The summed E-state index contributed by atoms with van der Waals surface area (Å²) in [6.45, 7) is 0. The zero-order valence-electron chi connectivity index (χ0n) is 22.5. The van der Waals surface area contributed by atoms with Crippen molar-refractivity contribution < 1.29 is 24.5 Å². The van der Waals surface area contributed by atoms with Crippen LogP contribution in [-0.2, 0) is 20.1 Å².